The molecule has 1 amide bonds. The molecule has 118 valence electrons. The van der Waals surface area contributed by atoms with Gasteiger partial charge in [0.1, 0.15) is 6.04 Å². The van der Waals surface area contributed by atoms with E-state index in [1.807, 2.05) is 44.4 Å². The molecule has 0 fully saturated rings. The molecule has 5 nitrogen and oxygen atoms in total. The number of hydrogen-bond acceptors (Lipinski definition) is 4. The summed E-state index contributed by atoms with van der Waals surface area (Å²) in [5, 5.41) is 0. The number of hydrogen-bond donors (Lipinski definition) is 1. The summed E-state index contributed by atoms with van der Waals surface area (Å²) in [6.45, 7) is 2.73. The quantitative estimate of drug-likeness (QED) is 0.741. The van der Waals surface area contributed by atoms with Gasteiger partial charge in [0.25, 0.3) is 0 Å². The van der Waals surface area contributed by atoms with E-state index in [0.29, 0.717) is 19.7 Å². The molecule has 0 bridgehead atoms. The molecule has 0 spiro atoms. The molecule has 2 N–H and O–H groups in total. The van der Waals surface area contributed by atoms with Crippen molar-refractivity contribution in [2.75, 3.05) is 47.4 Å². The van der Waals surface area contributed by atoms with Crippen LogP contribution in [0.15, 0.2) is 30.3 Å². The predicted octanol–water partition coefficient (Wildman–Crippen LogP) is 1.11. The Labute approximate surface area is 127 Å². The van der Waals surface area contributed by atoms with Crippen LogP contribution in [0.25, 0.3) is 0 Å². The molecule has 5 heteroatoms. The maximum atomic E-state index is 12.6. The number of ether oxygens (including phenoxy) is 1. The molecule has 0 saturated heterocycles. The van der Waals surface area contributed by atoms with E-state index in [9.17, 15) is 4.79 Å². The minimum Gasteiger partial charge on any atom is -0.383 e. The van der Waals surface area contributed by atoms with Crippen molar-refractivity contribution in [1.82, 2.24) is 9.80 Å². The van der Waals surface area contributed by atoms with Crippen LogP contribution in [-0.4, -0.2) is 63.2 Å². The summed E-state index contributed by atoms with van der Waals surface area (Å²) in [6.07, 6.45) is 0.921. The van der Waals surface area contributed by atoms with Gasteiger partial charge >= 0.3 is 0 Å². The molecule has 1 unspecified atom stereocenters. The van der Waals surface area contributed by atoms with Crippen molar-refractivity contribution in [1.29, 1.82) is 0 Å². The Kier molecular flexibility index (Phi) is 7.97. The van der Waals surface area contributed by atoms with Gasteiger partial charge in [-0.15, -0.1) is 0 Å². The van der Waals surface area contributed by atoms with Crippen LogP contribution in [0, 0.1) is 0 Å². The summed E-state index contributed by atoms with van der Waals surface area (Å²) in [6, 6.07) is 8.87. The van der Waals surface area contributed by atoms with E-state index in [1.54, 1.807) is 12.0 Å². The third kappa shape index (κ3) is 6.25. The van der Waals surface area contributed by atoms with Gasteiger partial charge in [0.15, 0.2) is 0 Å². The Morgan fingerprint density at radius 1 is 1.19 bits per heavy atom. The van der Waals surface area contributed by atoms with Crippen molar-refractivity contribution in [3.63, 3.8) is 0 Å². The van der Waals surface area contributed by atoms with Crippen molar-refractivity contribution in [2.24, 2.45) is 5.73 Å². The average molecular weight is 293 g/mol. The average Bonchev–Trinajstić information content (AvgIpc) is 2.49. The Morgan fingerprint density at radius 3 is 2.43 bits per heavy atom. The SMILES string of the molecule is COCCN(CCCN(C)C)C(=O)C(N)c1ccccc1. The Morgan fingerprint density at radius 2 is 1.86 bits per heavy atom. The second-order valence-electron chi connectivity index (χ2n) is 5.36. The third-order valence-electron chi connectivity index (χ3n) is 3.34. The number of amides is 1. The van der Waals surface area contributed by atoms with Gasteiger partial charge in [0, 0.05) is 20.2 Å². The second-order valence-corrected chi connectivity index (χ2v) is 5.36. The van der Waals surface area contributed by atoms with E-state index in [4.69, 9.17) is 10.5 Å². The highest BCUT2D eigenvalue weighted by Gasteiger charge is 2.21. The molecule has 0 saturated carbocycles. The maximum Gasteiger partial charge on any atom is 0.244 e. The predicted molar refractivity (Wildman–Crippen MR) is 85.0 cm³/mol. The molecule has 0 aliphatic rings. The van der Waals surface area contributed by atoms with Crippen molar-refractivity contribution in [3.8, 4) is 0 Å². The molecule has 0 heterocycles. The van der Waals surface area contributed by atoms with Crippen molar-refractivity contribution < 1.29 is 9.53 Å². The molecule has 0 radical (unpaired) electrons. The molecular weight excluding hydrogens is 266 g/mol. The van der Waals surface area contributed by atoms with Crippen LogP contribution in [0.1, 0.15) is 18.0 Å². The standard InChI is InChI=1S/C16H27N3O2/c1-18(2)10-7-11-19(12-13-21-3)16(20)15(17)14-8-5-4-6-9-14/h4-6,8-9,15H,7,10-13,17H2,1-3H3. The lowest BCUT2D eigenvalue weighted by Gasteiger charge is -2.26. The minimum atomic E-state index is -0.609. The molecular formula is C16H27N3O2. The Bertz CT molecular complexity index is 409. The number of methoxy groups -OCH3 is 1. The number of nitrogens with two attached hydrogens (primary N) is 1. The molecule has 1 aromatic carbocycles. The largest absolute Gasteiger partial charge is 0.383 e. The van der Waals surface area contributed by atoms with E-state index in [1.165, 1.54) is 0 Å². The van der Waals surface area contributed by atoms with Crippen molar-refractivity contribution in [2.45, 2.75) is 12.5 Å². The topological polar surface area (TPSA) is 58.8 Å². The Hall–Kier alpha value is -1.43. The van der Waals surface area contributed by atoms with Gasteiger partial charge in [-0.25, -0.2) is 0 Å². The van der Waals surface area contributed by atoms with Crippen LogP contribution in [-0.2, 0) is 9.53 Å². The second kappa shape index (κ2) is 9.50. The van der Waals surface area contributed by atoms with Gasteiger partial charge in [0.2, 0.25) is 5.91 Å². The van der Waals surface area contributed by atoms with Gasteiger partial charge < -0.3 is 20.3 Å². The van der Waals surface area contributed by atoms with Gasteiger partial charge in [0.05, 0.1) is 6.61 Å². The molecule has 1 rings (SSSR count). The lowest BCUT2D eigenvalue weighted by Crippen LogP contribution is -2.41. The number of nitrogens with zero attached hydrogens (tertiary/aromatic N) is 2. The fourth-order valence-electron chi connectivity index (χ4n) is 2.11. The zero-order valence-electron chi connectivity index (χ0n) is 13.3. The first-order valence-electron chi connectivity index (χ1n) is 7.29. The lowest BCUT2D eigenvalue weighted by atomic mass is 10.1. The van der Waals surface area contributed by atoms with E-state index < -0.39 is 6.04 Å². The summed E-state index contributed by atoms with van der Waals surface area (Å²) in [7, 11) is 5.69. The van der Waals surface area contributed by atoms with Crippen LogP contribution in [0.4, 0.5) is 0 Å². The van der Waals surface area contributed by atoms with Crippen LogP contribution in [0.5, 0.6) is 0 Å². The minimum absolute atomic E-state index is 0.0444. The zero-order valence-corrected chi connectivity index (χ0v) is 13.3. The zero-order chi connectivity index (χ0) is 15.7. The van der Waals surface area contributed by atoms with Crippen LogP contribution in [0.2, 0.25) is 0 Å². The number of rotatable bonds is 9. The summed E-state index contributed by atoms with van der Waals surface area (Å²) >= 11 is 0. The molecule has 0 aliphatic heterocycles. The smallest absolute Gasteiger partial charge is 0.244 e. The number of carbonyl (C=O) groups excluding carboxylic acids is 1. The van der Waals surface area contributed by atoms with E-state index in [2.05, 4.69) is 4.90 Å². The molecule has 1 aromatic rings. The Balaban J connectivity index is 2.65. The fraction of sp³-hybridized carbons (Fsp3) is 0.562. The molecule has 0 aliphatic carbocycles. The van der Waals surface area contributed by atoms with Gasteiger partial charge in [-0.3, -0.25) is 4.79 Å². The van der Waals surface area contributed by atoms with Crippen LogP contribution < -0.4 is 5.73 Å². The molecule has 1 atom stereocenters. The normalized spacial score (nSPS) is 12.4. The highest BCUT2D eigenvalue weighted by Crippen LogP contribution is 2.13. The first-order chi connectivity index (χ1) is 10.1. The summed E-state index contributed by atoms with van der Waals surface area (Å²) < 4.78 is 5.09. The highest BCUT2D eigenvalue weighted by molar-refractivity contribution is 5.83. The molecule has 0 aromatic heterocycles. The summed E-state index contributed by atoms with van der Waals surface area (Å²) in [4.78, 5) is 16.5. The van der Waals surface area contributed by atoms with Gasteiger partial charge in [-0.05, 0) is 32.6 Å². The third-order valence-corrected chi connectivity index (χ3v) is 3.34. The highest BCUT2D eigenvalue weighted by atomic mass is 16.5. The van der Waals surface area contributed by atoms with Crippen LogP contribution >= 0.6 is 0 Å². The van der Waals surface area contributed by atoms with E-state index in [0.717, 1.165) is 18.5 Å². The van der Waals surface area contributed by atoms with Gasteiger partial charge in [-0.2, -0.15) is 0 Å². The van der Waals surface area contributed by atoms with Gasteiger partial charge in [-0.1, -0.05) is 30.3 Å². The summed E-state index contributed by atoms with van der Waals surface area (Å²) in [5.74, 6) is -0.0444. The molecule has 21 heavy (non-hydrogen) atoms. The van der Waals surface area contributed by atoms with Crippen molar-refractivity contribution >= 4 is 5.91 Å². The number of benzene rings is 1. The lowest BCUT2D eigenvalue weighted by molar-refractivity contribution is -0.133. The maximum absolute atomic E-state index is 12.6. The first kappa shape index (κ1) is 17.6. The summed E-state index contributed by atoms with van der Waals surface area (Å²) in [5.41, 5.74) is 6.95. The monoisotopic (exact) mass is 293 g/mol. The van der Waals surface area contributed by atoms with E-state index >= 15 is 0 Å². The first-order valence-corrected chi connectivity index (χ1v) is 7.29. The van der Waals surface area contributed by atoms with Crippen molar-refractivity contribution in [3.05, 3.63) is 35.9 Å². The number of carbonyl (C=O) groups is 1. The van der Waals surface area contributed by atoms with Crippen LogP contribution in [0.3, 0.4) is 0 Å². The van der Waals surface area contributed by atoms with E-state index in [-0.39, 0.29) is 5.91 Å². The fourth-order valence-corrected chi connectivity index (χ4v) is 2.11.